The first-order valence-electron chi connectivity index (χ1n) is 7.90. The fourth-order valence-corrected chi connectivity index (χ4v) is 1.74. The van der Waals surface area contributed by atoms with E-state index in [0.717, 1.165) is 25.7 Å². The van der Waals surface area contributed by atoms with Crippen LogP contribution in [0.3, 0.4) is 0 Å². The van der Waals surface area contributed by atoms with E-state index in [2.05, 4.69) is 32.1 Å². The second-order valence-electron chi connectivity index (χ2n) is 4.94. The Bertz CT molecular complexity index is 324. The Balaban J connectivity index is 3.90. The number of carbonyl (C=O) groups is 1. The monoisotopic (exact) mass is 278 g/mol. The normalized spacial score (nSPS) is 12.4. The van der Waals surface area contributed by atoms with Crippen LogP contribution in [-0.4, -0.2) is 5.97 Å². The molecule has 0 aliphatic carbocycles. The molecule has 0 amide bonds. The van der Waals surface area contributed by atoms with Crippen molar-refractivity contribution in [1.29, 1.82) is 0 Å². The number of ether oxygens (including phenoxy) is 1. The second-order valence-corrected chi connectivity index (χ2v) is 4.94. The highest BCUT2D eigenvalue weighted by Gasteiger charge is 1.96. The van der Waals surface area contributed by atoms with Gasteiger partial charge in [0.25, 0.3) is 0 Å². The van der Waals surface area contributed by atoms with Gasteiger partial charge < -0.3 is 4.74 Å². The molecule has 0 aromatic heterocycles. The fourth-order valence-electron chi connectivity index (χ4n) is 1.74. The van der Waals surface area contributed by atoms with Crippen molar-refractivity contribution < 1.29 is 9.53 Å². The van der Waals surface area contributed by atoms with Crippen molar-refractivity contribution in [1.82, 2.24) is 0 Å². The summed E-state index contributed by atoms with van der Waals surface area (Å²) >= 11 is 0. The molecule has 0 saturated carbocycles. The van der Waals surface area contributed by atoms with Crippen molar-refractivity contribution in [3.8, 4) is 0 Å². The number of rotatable bonds is 11. The summed E-state index contributed by atoms with van der Waals surface area (Å²) < 4.78 is 5.14. The van der Waals surface area contributed by atoms with E-state index in [-0.39, 0.29) is 5.97 Å². The summed E-state index contributed by atoms with van der Waals surface area (Å²) in [5.74, 6) is 0.416. The minimum absolute atomic E-state index is 0.257. The third kappa shape index (κ3) is 13.1. The van der Waals surface area contributed by atoms with Crippen LogP contribution in [0.4, 0.5) is 0 Å². The summed E-state index contributed by atoms with van der Waals surface area (Å²) in [6.07, 6.45) is 19.5. The highest BCUT2D eigenvalue weighted by Crippen LogP contribution is 2.06. The third-order valence-electron chi connectivity index (χ3n) is 2.82. The maximum absolute atomic E-state index is 11.0. The minimum atomic E-state index is -0.257. The van der Waals surface area contributed by atoms with Crippen LogP contribution in [-0.2, 0) is 9.53 Å². The predicted molar refractivity (Wildman–Crippen MR) is 86.4 cm³/mol. The Morgan fingerprint density at radius 2 is 1.60 bits per heavy atom. The molecular weight excluding hydrogens is 248 g/mol. The molecule has 0 aromatic rings. The number of unbranched alkanes of at least 4 members (excludes halogenated alkanes) is 5. The molecule has 0 fully saturated rings. The maximum Gasteiger partial charge on any atom is 0.308 e. The Kier molecular flexibility index (Phi) is 13.2. The van der Waals surface area contributed by atoms with Crippen LogP contribution in [0.15, 0.2) is 36.1 Å². The lowest BCUT2D eigenvalue weighted by molar-refractivity contribution is -0.136. The quantitative estimate of drug-likeness (QED) is 0.159. The number of hydrogen-bond acceptors (Lipinski definition) is 2. The Hall–Kier alpha value is -1.31. The molecule has 2 heteroatoms. The lowest BCUT2D eigenvalue weighted by Gasteiger charge is -2.01. The summed E-state index contributed by atoms with van der Waals surface area (Å²) in [6, 6.07) is 0. The van der Waals surface area contributed by atoms with Crippen LogP contribution in [0.1, 0.15) is 72.1 Å². The van der Waals surface area contributed by atoms with Crippen molar-refractivity contribution in [2.75, 3.05) is 0 Å². The maximum atomic E-state index is 11.0. The van der Waals surface area contributed by atoms with Crippen LogP contribution in [0.2, 0.25) is 0 Å². The van der Waals surface area contributed by atoms with Gasteiger partial charge in [0.15, 0.2) is 0 Å². The number of allylic oxidation sites excluding steroid dienone is 5. The summed E-state index contributed by atoms with van der Waals surface area (Å²) in [4.78, 5) is 11.0. The summed E-state index contributed by atoms with van der Waals surface area (Å²) in [6.45, 7) is 5.77. The molecule has 0 heterocycles. The van der Waals surface area contributed by atoms with Gasteiger partial charge in [0.2, 0.25) is 0 Å². The first kappa shape index (κ1) is 18.7. The van der Waals surface area contributed by atoms with Gasteiger partial charge in [-0.1, -0.05) is 51.3 Å². The molecule has 0 aromatic carbocycles. The van der Waals surface area contributed by atoms with Gasteiger partial charge in [-0.25, -0.2) is 0 Å². The summed E-state index contributed by atoms with van der Waals surface area (Å²) in [5.41, 5.74) is 0. The molecule has 0 atom stereocenters. The molecule has 2 nitrogen and oxygen atoms in total. The molecule has 0 rings (SSSR count). The highest BCUT2D eigenvalue weighted by atomic mass is 16.5. The van der Waals surface area contributed by atoms with Crippen LogP contribution in [0.5, 0.6) is 0 Å². The largest absolute Gasteiger partial charge is 0.427 e. The molecule has 0 aliphatic heterocycles. The van der Waals surface area contributed by atoms with Crippen molar-refractivity contribution >= 4 is 5.97 Å². The Morgan fingerprint density at radius 3 is 2.25 bits per heavy atom. The molecule has 0 N–H and O–H groups in total. The van der Waals surface area contributed by atoms with Crippen molar-refractivity contribution in [2.24, 2.45) is 0 Å². The summed E-state index contributed by atoms with van der Waals surface area (Å²) in [5, 5.41) is 0. The molecule has 0 aliphatic rings. The highest BCUT2D eigenvalue weighted by molar-refractivity contribution is 5.67. The van der Waals surface area contributed by atoms with Gasteiger partial charge in [-0.05, 0) is 44.3 Å². The van der Waals surface area contributed by atoms with E-state index in [1.54, 1.807) is 0 Å². The predicted octanol–water partition coefficient (Wildman–Crippen LogP) is 5.71. The minimum Gasteiger partial charge on any atom is -0.427 e. The van der Waals surface area contributed by atoms with E-state index in [9.17, 15) is 4.79 Å². The topological polar surface area (TPSA) is 26.3 Å². The lowest BCUT2D eigenvalue weighted by atomic mass is 10.2. The van der Waals surface area contributed by atoms with Crippen LogP contribution in [0.25, 0.3) is 0 Å². The van der Waals surface area contributed by atoms with Crippen molar-refractivity contribution in [3.05, 3.63) is 36.1 Å². The zero-order valence-electron chi connectivity index (χ0n) is 13.4. The van der Waals surface area contributed by atoms with Gasteiger partial charge in [-0.15, -0.1) is 0 Å². The zero-order chi connectivity index (χ0) is 15.1. The van der Waals surface area contributed by atoms with E-state index in [1.165, 1.54) is 32.6 Å². The number of carbonyl (C=O) groups excluding carboxylic acids is 1. The Labute approximate surface area is 124 Å². The van der Waals surface area contributed by atoms with Gasteiger partial charge in [-0.3, -0.25) is 4.79 Å². The molecule has 0 radical (unpaired) electrons. The van der Waals surface area contributed by atoms with E-state index in [1.807, 2.05) is 12.2 Å². The van der Waals surface area contributed by atoms with Gasteiger partial charge in [0.1, 0.15) is 5.76 Å². The zero-order valence-corrected chi connectivity index (χ0v) is 13.4. The van der Waals surface area contributed by atoms with Gasteiger partial charge >= 0.3 is 5.97 Å². The van der Waals surface area contributed by atoms with Crippen LogP contribution in [0, 0.1) is 0 Å². The first-order chi connectivity index (χ1) is 9.70. The average Bonchev–Trinajstić information content (AvgIpc) is 2.42. The average molecular weight is 278 g/mol. The van der Waals surface area contributed by atoms with E-state index < -0.39 is 0 Å². The second kappa shape index (κ2) is 14.1. The van der Waals surface area contributed by atoms with Gasteiger partial charge in [0.05, 0.1) is 0 Å². The van der Waals surface area contributed by atoms with Crippen molar-refractivity contribution in [2.45, 2.75) is 72.1 Å². The smallest absolute Gasteiger partial charge is 0.308 e. The van der Waals surface area contributed by atoms with Crippen LogP contribution >= 0.6 is 0 Å². The lowest BCUT2D eigenvalue weighted by Crippen LogP contribution is -1.96. The first-order valence-corrected chi connectivity index (χ1v) is 7.90. The third-order valence-corrected chi connectivity index (χ3v) is 2.82. The SMILES string of the molecule is CCC/C=C(\C=C/CCC=CCCCCC)OC(C)=O. The molecule has 0 saturated heterocycles. The van der Waals surface area contributed by atoms with E-state index in [4.69, 9.17) is 4.74 Å². The molecule has 114 valence electrons. The van der Waals surface area contributed by atoms with Crippen molar-refractivity contribution in [3.63, 3.8) is 0 Å². The fraction of sp³-hybridized carbons (Fsp3) is 0.611. The summed E-state index contributed by atoms with van der Waals surface area (Å²) in [7, 11) is 0. The van der Waals surface area contributed by atoms with Gasteiger partial charge in [0, 0.05) is 6.92 Å². The molecular formula is C18H30O2. The molecule has 0 bridgehead atoms. The molecule has 0 spiro atoms. The number of esters is 1. The van der Waals surface area contributed by atoms with Crippen LogP contribution < -0.4 is 0 Å². The van der Waals surface area contributed by atoms with E-state index >= 15 is 0 Å². The molecule has 20 heavy (non-hydrogen) atoms. The van der Waals surface area contributed by atoms with Gasteiger partial charge in [-0.2, -0.15) is 0 Å². The van der Waals surface area contributed by atoms with E-state index in [0.29, 0.717) is 5.76 Å². The number of hydrogen-bond donors (Lipinski definition) is 0. The Morgan fingerprint density at radius 1 is 0.900 bits per heavy atom. The standard InChI is InChI=1S/C18H30O2/c1-4-6-8-9-10-11-12-13-14-16-18(15-7-5-2)20-17(3)19/h10-11,14-16H,4-9,12-13H2,1-3H3/b11-10?,16-14-,18-15+. The molecule has 0 unspecified atom stereocenters.